The van der Waals surface area contributed by atoms with Gasteiger partial charge in [-0.15, -0.1) is 0 Å². The second-order valence-corrected chi connectivity index (χ2v) is 6.90. The first-order chi connectivity index (χ1) is 15.6. The molecule has 0 spiro atoms. The highest BCUT2D eigenvalue weighted by Gasteiger charge is 2.62. The van der Waals surface area contributed by atoms with Gasteiger partial charge in [-0.2, -0.15) is 52.7 Å². The smallest absolute Gasteiger partial charge is 0.434 e. The summed E-state index contributed by atoms with van der Waals surface area (Å²) in [5, 5.41) is 0. The van der Waals surface area contributed by atoms with Crippen LogP contribution in [-0.2, 0) is 28.6 Å². The first kappa shape index (κ1) is 32.6. The monoisotopic (exact) mass is 546 g/mol. The molecule has 0 heterocycles. The fourth-order valence-electron chi connectivity index (χ4n) is 2.39. The third-order valence-corrected chi connectivity index (χ3v) is 3.92. The molecule has 0 N–H and O–H groups in total. The summed E-state index contributed by atoms with van der Waals surface area (Å²) in [6.45, 7) is 0.965. The summed E-state index contributed by atoms with van der Waals surface area (Å²) in [4.78, 5) is 34.3. The van der Waals surface area contributed by atoms with Crippen LogP contribution in [0.3, 0.4) is 0 Å². The Hall–Kier alpha value is -2.43. The maximum atomic E-state index is 12.6. The van der Waals surface area contributed by atoms with Crippen LogP contribution in [0.25, 0.3) is 0 Å². The van der Waals surface area contributed by atoms with E-state index in [9.17, 15) is 67.1 Å². The summed E-state index contributed by atoms with van der Waals surface area (Å²) >= 11 is 0. The van der Waals surface area contributed by atoms with Crippen LogP contribution in [0.4, 0.5) is 52.7 Å². The molecule has 0 saturated carbocycles. The van der Waals surface area contributed by atoms with E-state index < -0.39 is 73.6 Å². The Morgan fingerprint density at radius 3 is 1.26 bits per heavy atom. The second-order valence-electron chi connectivity index (χ2n) is 6.90. The van der Waals surface area contributed by atoms with E-state index >= 15 is 0 Å². The maximum Gasteiger partial charge on any atom is 0.434 e. The Balaban J connectivity index is 5.61. The van der Waals surface area contributed by atoms with Crippen LogP contribution >= 0.6 is 0 Å². The number of hydrogen-bond acceptors (Lipinski definition) is 6. The molecule has 0 fully saturated rings. The van der Waals surface area contributed by atoms with Gasteiger partial charge >= 0.3 is 42.6 Å². The largest absolute Gasteiger partial charge is 0.466 e. The molecule has 35 heavy (non-hydrogen) atoms. The van der Waals surface area contributed by atoms with Crippen LogP contribution in [0.2, 0.25) is 0 Å². The van der Waals surface area contributed by atoms with E-state index in [2.05, 4.69) is 14.2 Å². The van der Waals surface area contributed by atoms with Gasteiger partial charge < -0.3 is 14.2 Å². The predicted octanol–water partition coefficient (Wildman–Crippen LogP) is 5.19. The number of ether oxygens (including phenoxy) is 3. The zero-order valence-electron chi connectivity index (χ0n) is 17.5. The van der Waals surface area contributed by atoms with E-state index in [0.717, 1.165) is 6.92 Å². The molecule has 0 saturated heterocycles. The van der Waals surface area contributed by atoms with Crippen molar-refractivity contribution in [1.29, 1.82) is 0 Å². The molecule has 206 valence electrons. The average Bonchev–Trinajstić information content (AvgIpc) is 2.62. The van der Waals surface area contributed by atoms with Crippen molar-refractivity contribution in [3.05, 3.63) is 0 Å². The van der Waals surface area contributed by atoms with Crippen molar-refractivity contribution in [3.8, 4) is 0 Å². The van der Waals surface area contributed by atoms with Gasteiger partial charge in [-0.05, 0) is 12.8 Å². The number of carbonyl (C=O) groups excluding carboxylic acids is 3. The number of hydrogen-bond donors (Lipinski definition) is 0. The molecule has 0 atom stereocenters. The Kier molecular flexibility index (Phi) is 11.6. The normalized spacial score (nSPS) is 13.4. The predicted molar refractivity (Wildman–Crippen MR) is 87.2 cm³/mol. The molecule has 0 aromatic heterocycles. The number of rotatable bonds is 11. The second kappa shape index (κ2) is 12.5. The van der Waals surface area contributed by atoms with Crippen LogP contribution in [-0.4, -0.2) is 61.4 Å². The van der Waals surface area contributed by atoms with E-state index in [1.165, 1.54) is 0 Å². The Bertz CT molecular complexity index is 636. The molecule has 0 rings (SSSR count). The highest BCUT2D eigenvalue weighted by atomic mass is 19.4. The molecule has 0 aliphatic rings. The van der Waals surface area contributed by atoms with Gasteiger partial charge in [0.05, 0.1) is 6.61 Å². The molecule has 18 heteroatoms. The van der Waals surface area contributed by atoms with Gasteiger partial charge in [0.1, 0.15) is 0 Å². The van der Waals surface area contributed by atoms with Crippen molar-refractivity contribution >= 4 is 17.9 Å². The summed E-state index contributed by atoms with van der Waals surface area (Å²) in [5.41, 5.74) is 0. The SMILES string of the molecule is CC(=O)OCCCCCCC(C(=O)OC(C(F)(F)F)C(F)(F)F)C(=O)OC(C(F)(F)F)C(F)(F)F. The molecule has 0 unspecified atom stereocenters. The third-order valence-electron chi connectivity index (χ3n) is 3.92. The number of unbranched alkanes of at least 4 members (excludes halogenated alkanes) is 3. The molecule has 0 amide bonds. The minimum atomic E-state index is -6.26. The van der Waals surface area contributed by atoms with Crippen molar-refractivity contribution < 1.29 is 81.3 Å². The lowest BCUT2D eigenvalue weighted by Gasteiger charge is -2.27. The summed E-state index contributed by atoms with van der Waals surface area (Å²) < 4.78 is 162. The fourth-order valence-corrected chi connectivity index (χ4v) is 2.39. The van der Waals surface area contributed by atoms with E-state index in [1.54, 1.807) is 0 Å². The summed E-state index contributed by atoms with van der Waals surface area (Å²) in [6, 6.07) is 0. The first-order valence-electron chi connectivity index (χ1n) is 9.39. The van der Waals surface area contributed by atoms with Gasteiger partial charge in [0.15, 0.2) is 5.92 Å². The Morgan fingerprint density at radius 1 is 0.600 bits per heavy atom. The Morgan fingerprint density at radius 2 is 0.943 bits per heavy atom. The van der Waals surface area contributed by atoms with Crippen molar-refractivity contribution in [3.63, 3.8) is 0 Å². The lowest BCUT2D eigenvalue weighted by atomic mass is 10.0. The average molecular weight is 546 g/mol. The Labute approximate surface area is 188 Å². The van der Waals surface area contributed by atoms with Crippen LogP contribution in [0.15, 0.2) is 0 Å². The highest BCUT2D eigenvalue weighted by molar-refractivity contribution is 5.95. The number of alkyl halides is 12. The van der Waals surface area contributed by atoms with Gasteiger partial charge in [0.25, 0.3) is 12.2 Å². The van der Waals surface area contributed by atoms with Gasteiger partial charge in [-0.3, -0.25) is 14.4 Å². The lowest BCUT2D eigenvalue weighted by Crippen LogP contribution is -2.49. The van der Waals surface area contributed by atoms with Crippen molar-refractivity contribution in [2.24, 2.45) is 5.92 Å². The number of esters is 3. The van der Waals surface area contributed by atoms with Crippen molar-refractivity contribution in [2.45, 2.75) is 75.9 Å². The van der Waals surface area contributed by atoms with E-state index in [4.69, 9.17) is 0 Å². The van der Waals surface area contributed by atoms with Crippen LogP contribution < -0.4 is 0 Å². The highest BCUT2D eigenvalue weighted by Crippen LogP contribution is 2.38. The minimum Gasteiger partial charge on any atom is -0.466 e. The fraction of sp³-hybridized carbons (Fsp3) is 0.824. The van der Waals surface area contributed by atoms with Crippen molar-refractivity contribution in [2.75, 3.05) is 6.61 Å². The molecule has 0 bridgehead atoms. The molecule has 0 radical (unpaired) electrons. The molecule has 0 aliphatic heterocycles. The van der Waals surface area contributed by atoms with Gasteiger partial charge in [-0.1, -0.05) is 19.3 Å². The minimum absolute atomic E-state index is 0.0672. The van der Waals surface area contributed by atoms with Crippen molar-refractivity contribution in [1.82, 2.24) is 0 Å². The zero-order chi connectivity index (χ0) is 27.8. The van der Waals surface area contributed by atoms with Crippen LogP contribution in [0, 0.1) is 5.92 Å². The quantitative estimate of drug-likeness (QED) is 0.117. The third kappa shape index (κ3) is 12.2. The standard InChI is InChI=1S/C17H18F12O6/c1-8(30)33-7-5-3-2-4-6-9(10(31)34-12(14(18,19)20)15(21,22)23)11(32)35-13(16(24,25)26)17(27,28)29/h9,12-13H,2-7H2,1H3. The van der Waals surface area contributed by atoms with Crippen LogP contribution in [0.1, 0.15) is 39.0 Å². The van der Waals surface area contributed by atoms with E-state index in [1.807, 2.05) is 0 Å². The summed E-state index contributed by atoms with van der Waals surface area (Å²) in [7, 11) is 0. The molecule has 0 aliphatic carbocycles. The molecule has 0 aromatic rings. The molecular formula is C17H18F12O6. The van der Waals surface area contributed by atoms with E-state index in [-0.39, 0.29) is 25.9 Å². The van der Waals surface area contributed by atoms with Gasteiger partial charge in [-0.25, -0.2) is 0 Å². The van der Waals surface area contributed by atoms with Crippen LogP contribution in [0.5, 0.6) is 0 Å². The number of carbonyl (C=O) groups is 3. The molecule has 6 nitrogen and oxygen atoms in total. The van der Waals surface area contributed by atoms with Gasteiger partial charge in [0, 0.05) is 6.92 Å². The summed E-state index contributed by atoms with van der Waals surface area (Å²) in [6.07, 6.45) is -36.0. The number of halogens is 12. The molecule has 0 aromatic carbocycles. The zero-order valence-corrected chi connectivity index (χ0v) is 17.5. The van der Waals surface area contributed by atoms with Gasteiger partial charge in [0.2, 0.25) is 0 Å². The lowest BCUT2D eigenvalue weighted by molar-refractivity contribution is -0.318. The summed E-state index contributed by atoms with van der Waals surface area (Å²) in [5.74, 6) is -8.98. The maximum absolute atomic E-state index is 12.6. The first-order valence-corrected chi connectivity index (χ1v) is 9.39. The topological polar surface area (TPSA) is 78.9 Å². The molecular weight excluding hydrogens is 528 g/mol. The van der Waals surface area contributed by atoms with E-state index in [0.29, 0.717) is 0 Å².